The lowest BCUT2D eigenvalue weighted by atomic mass is 9.98. The molecule has 6 heteroatoms. The zero-order valence-corrected chi connectivity index (χ0v) is 11.3. The second kappa shape index (κ2) is 6.39. The van der Waals surface area contributed by atoms with Crippen molar-refractivity contribution in [1.29, 1.82) is 0 Å². The van der Waals surface area contributed by atoms with Gasteiger partial charge < -0.3 is 21.5 Å². The molecule has 0 spiro atoms. The van der Waals surface area contributed by atoms with Gasteiger partial charge in [0.15, 0.2) is 0 Å². The molecule has 0 aliphatic carbocycles. The van der Waals surface area contributed by atoms with E-state index in [0.29, 0.717) is 31.0 Å². The van der Waals surface area contributed by atoms with Crippen molar-refractivity contribution in [2.24, 2.45) is 0 Å². The number of hydrogen-bond acceptors (Lipinski definition) is 6. The fourth-order valence-corrected chi connectivity index (χ4v) is 1.58. The van der Waals surface area contributed by atoms with Gasteiger partial charge in [-0.25, -0.2) is 0 Å². The summed E-state index contributed by atoms with van der Waals surface area (Å²) in [7, 11) is 0. The zero-order valence-electron chi connectivity index (χ0n) is 11.3. The Labute approximate surface area is 108 Å². The van der Waals surface area contributed by atoms with Crippen molar-refractivity contribution in [3.05, 3.63) is 6.07 Å². The number of rotatable bonds is 7. The lowest BCUT2D eigenvalue weighted by molar-refractivity contribution is 0.0456. The molecule has 0 amide bonds. The van der Waals surface area contributed by atoms with E-state index >= 15 is 0 Å². The van der Waals surface area contributed by atoms with Crippen molar-refractivity contribution in [3.8, 4) is 0 Å². The Hall–Kier alpha value is -1.56. The normalized spacial score (nSPS) is 11.3. The number of aliphatic hydroxyl groups is 1. The van der Waals surface area contributed by atoms with Gasteiger partial charge in [0.1, 0.15) is 11.6 Å². The Morgan fingerprint density at radius 3 is 2.22 bits per heavy atom. The van der Waals surface area contributed by atoms with Gasteiger partial charge in [-0.2, -0.15) is 9.97 Å². The van der Waals surface area contributed by atoms with Crippen LogP contribution in [0.2, 0.25) is 0 Å². The number of hydrogen-bond donors (Lipinski definition) is 4. The molecule has 0 saturated carbocycles. The molecule has 0 saturated heterocycles. The van der Waals surface area contributed by atoms with E-state index in [4.69, 9.17) is 5.73 Å². The van der Waals surface area contributed by atoms with E-state index < -0.39 is 5.60 Å². The highest BCUT2D eigenvalue weighted by atomic mass is 16.3. The first-order valence-electron chi connectivity index (χ1n) is 6.37. The van der Waals surface area contributed by atoms with Crippen molar-refractivity contribution < 1.29 is 5.11 Å². The Morgan fingerprint density at radius 1 is 1.17 bits per heavy atom. The second-order valence-electron chi connectivity index (χ2n) is 4.31. The van der Waals surface area contributed by atoms with Gasteiger partial charge in [0.25, 0.3) is 0 Å². The third-order valence-electron chi connectivity index (χ3n) is 3.02. The number of nitrogens with zero attached hydrogens (tertiary/aromatic N) is 2. The van der Waals surface area contributed by atoms with E-state index in [1.807, 2.05) is 20.8 Å². The van der Waals surface area contributed by atoms with E-state index in [1.54, 1.807) is 6.07 Å². The predicted molar refractivity (Wildman–Crippen MR) is 74.6 cm³/mol. The van der Waals surface area contributed by atoms with Gasteiger partial charge in [0.2, 0.25) is 5.95 Å². The summed E-state index contributed by atoms with van der Waals surface area (Å²) >= 11 is 0. The summed E-state index contributed by atoms with van der Waals surface area (Å²) in [6, 6.07) is 1.78. The van der Waals surface area contributed by atoms with E-state index in [0.717, 1.165) is 6.54 Å². The second-order valence-corrected chi connectivity index (χ2v) is 4.31. The Bertz CT molecular complexity index is 379. The van der Waals surface area contributed by atoms with Gasteiger partial charge in [0.05, 0.1) is 5.60 Å². The van der Waals surface area contributed by atoms with Gasteiger partial charge >= 0.3 is 0 Å². The molecule has 0 fully saturated rings. The van der Waals surface area contributed by atoms with Crippen LogP contribution in [0.5, 0.6) is 0 Å². The van der Waals surface area contributed by atoms with Gasteiger partial charge in [-0.15, -0.1) is 0 Å². The molecule has 6 nitrogen and oxygen atoms in total. The van der Waals surface area contributed by atoms with Crippen molar-refractivity contribution in [3.63, 3.8) is 0 Å². The van der Waals surface area contributed by atoms with Crippen LogP contribution in [-0.4, -0.2) is 33.8 Å². The summed E-state index contributed by atoms with van der Waals surface area (Å²) in [5, 5.41) is 16.4. The molecule has 1 aromatic rings. The summed E-state index contributed by atoms with van der Waals surface area (Å²) in [6.45, 7) is 7.12. The lowest BCUT2D eigenvalue weighted by Gasteiger charge is -2.25. The number of nitrogen functional groups attached to an aromatic ring is 1. The smallest absolute Gasteiger partial charge is 0.223 e. The molecule has 0 aromatic carbocycles. The number of nitrogens with one attached hydrogen (secondary N) is 2. The van der Waals surface area contributed by atoms with E-state index in [9.17, 15) is 5.11 Å². The molecule has 1 heterocycles. The molecule has 18 heavy (non-hydrogen) atoms. The summed E-state index contributed by atoms with van der Waals surface area (Å²) in [5.74, 6) is 1.52. The maximum atomic E-state index is 10.2. The maximum absolute atomic E-state index is 10.2. The van der Waals surface area contributed by atoms with Crippen molar-refractivity contribution in [2.45, 2.75) is 39.2 Å². The highest BCUT2D eigenvalue weighted by Gasteiger charge is 2.21. The van der Waals surface area contributed by atoms with Crippen LogP contribution < -0.4 is 16.4 Å². The summed E-state index contributed by atoms with van der Waals surface area (Å²) in [5.41, 5.74) is 4.92. The standard InChI is InChI=1S/C12H23N5O/c1-4-12(18,5-2)8-15-10-7-9(14-6-3)16-11(13)17-10/h7,18H,4-6,8H2,1-3H3,(H4,13,14,15,16,17). The minimum Gasteiger partial charge on any atom is -0.388 e. The van der Waals surface area contributed by atoms with Gasteiger partial charge in [-0.1, -0.05) is 13.8 Å². The van der Waals surface area contributed by atoms with Crippen molar-refractivity contribution >= 4 is 17.6 Å². The highest BCUT2D eigenvalue weighted by molar-refractivity contribution is 5.51. The molecule has 0 atom stereocenters. The van der Waals surface area contributed by atoms with Crippen molar-refractivity contribution in [1.82, 2.24) is 9.97 Å². The number of aromatic nitrogens is 2. The van der Waals surface area contributed by atoms with E-state index in [1.165, 1.54) is 0 Å². The lowest BCUT2D eigenvalue weighted by Crippen LogP contribution is -2.35. The van der Waals surface area contributed by atoms with Crippen molar-refractivity contribution in [2.75, 3.05) is 29.5 Å². The monoisotopic (exact) mass is 253 g/mol. The average molecular weight is 253 g/mol. The van der Waals surface area contributed by atoms with Gasteiger partial charge in [-0.3, -0.25) is 0 Å². The van der Waals surface area contributed by atoms with Gasteiger partial charge in [0, 0.05) is 19.2 Å². The fourth-order valence-electron chi connectivity index (χ4n) is 1.58. The topological polar surface area (TPSA) is 96.1 Å². The SMILES string of the molecule is CCNc1cc(NCC(O)(CC)CC)nc(N)n1. The van der Waals surface area contributed by atoms with Crippen LogP contribution >= 0.6 is 0 Å². The molecule has 0 aliphatic rings. The minimum atomic E-state index is -0.710. The van der Waals surface area contributed by atoms with Crippen LogP contribution in [-0.2, 0) is 0 Å². The Morgan fingerprint density at radius 2 is 1.72 bits per heavy atom. The first-order valence-corrected chi connectivity index (χ1v) is 6.37. The number of nitrogens with two attached hydrogens (primary N) is 1. The van der Waals surface area contributed by atoms with Crippen LogP contribution in [0.15, 0.2) is 6.07 Å². The molecule has 0 unspecified atom stereocenters. The first-order chi connectivity index (χ1) is 8.53. The van der Waals surface area contributed by atoms with Gasteiger partial charge in [-0.05, 0) is 19.8 Å². The Kier molecular flexibility index (Phi) is 5.15. The molecule has 0 radical (unpaired) electrons. The minimum absolute atomic E-state index is 0.215. The fraction of sp³-hybridized carbons (Fsp3) is 0.667. The largest absolute Gasteiger partial charge is 0.388 e. The van der Waals surface area contributed by atoms with E-state index in [2.05, 4.69) is 20.6 Å². The average Bonchev–Trinajstić information content (AvgIpc) is 2.36. The molecule has 1 aromatic heterocycles. The molecule has 1 rings (SSSR count). The molecule has 5 N–H and O–H groups in total. The van der Waals surface area contributed by atoms with Crippen LogP contribution in [0.3, 0.4) is 0 Å². The summed E-state index contributed by atoms with van der Waals surface area (Å²) < 4.78 is 0. The van der Waals surface area contributed by atoms with E-state index in [-0.39, 0.29) is 5.95 Å². The number of anilines is 3. The molecular formula is C12H23N5O. The van der Waals surface area contributed by atoms with Crippen LogP contribution in [0.25, 0.3) is 0 Å². The maximum Gasteiger partial charge on any atom is 0.223 e. The zero-order chi connectivity index (χ0) is 13.6. The highest BCUT2D eigenvalue weighted by Crippen LogP contribution is 2.17. The molecule has 102 valence electrons. The van der Waals surface area contributed by atoms with Crippen LogP contribution in [0.4, 0.5) is 17.6 Å². The van der Waals surface area contributed by atoms with Crippen LogP contribution in [0, 0.1) is 0 Å². The Balaban J connectivity index is 2.72. The molecular weight excluding hydrogens is 230 g/mol. The summed E-state index contributed by atoms with van der Waals surface area (Å²) in [4.78, 5) is 8.15. The quantitative estimate of drug-likeness (QED) is 0.587. The predicted octanol–water partition coefficient (Wildman–Crippen LogP) is 1.45. The first kappa shape index (κ1) is 14.5. The molecule has 0 aliphatic heterocycles. The van der Waals surface area contributed by atoms with Crippen LogP contribution in [0.1, 0.15) is 33.6 Å². The third kappa shape index (κ3) is 4.03. The summed E-state index contributed by atoms with van der Waals surface area (Å²) in [6.07, 6.45) is 1.38. The molecule has 0 bridgehead atoms. The third-order valence-corrected chi connectivity index (χ3v) is 3.02.